The van der Waals surface area contributed by atoms with Crippen LogP contribution in [0.3, 0.4) is 0 Å². The molecule has 0 unspecified atom stereocenters. The number of rotatable bonds is 26. The zero-order valence-corrected chi connectivity index (χ0v) is 56.1. The van der Waals surface area contributed by atoms with E-state index in [2.05, 4.69) is 96.2 Å². The van der Waals surface area contributed by atoms with Crippen molar-refractivity contribution >= 4 is 53.2 Å². The molecule has 0 bridgehead atoms. The fourth-order valence-corrected chi connectivity index (χ4v) is 14.5. The molecular weight excluding hydrogens is 1180 g/mol. The van der Waals surface area contributed by atoms with Gasteiger partial charge in [-0.25, -0.2) is 0 Å². The van der Waals surface area contributed by atoms with E-state index in [1.807, 2.05) is 0 Å². The molecule has 7 rings (SSSR count). The average Bonchev–Trinajstić information content (AvgIpc) is 0.815. The lowest BCUT2D eigenvalue weighted by Crippen LogP contribution is -2.42. The van der Waals surface area contributed by atoms with E-state index in [1.54, 1.807) is 20.8 Å². The molecule has 0 saturated carbocycles. The number of hydrogen-bond acceptors (Lipinski definition) is 19. The molecule has 20 heteroatoms. The van der Waals surface area contributed by atoms with Crippen LogP contribution < -0.4 is 5.11 Å². The van der Waals surface area contributed by atoms with Gasteiger partial charge in [-0.05, 0) is 182 Å². The molecule has 24 atom stereocenters. The number of carboxylic acids is 2. The van der Waals surface area contributed by atoms with Gasteiger partial charge in [0.15, 0.2) is 0 Å². The maximum Gasteiger partial charge on any atom is 0.316 e. The largest absolute Gasteiger partial charge is 0.550 e. The van der Waals surface area contributed by atoms with Gasteiger partial charge in [0.25, 0.3) is 0 Å². The summed E-state index contributed by atoms with van der Waals surface area (Å²) in [6.45, 7) is 21.5. The highest BCUT2D eigenvalue weighted by Gasteiger charge is 2.46. The van der Waals surface area contributed by atoms with Gasteiger partial charge in [0.2, 0.25) is 0 Å². The van der Waals surface area contributed by atoms with Gasteiger partial charge in [-0.1, -0.05) is 96.2 Å². The number of fused-ring (bicyclic) bond motifs is 3. The average molecular weight is 1290 g/mol. The van der Waals surface area contributed by atoms with Gasteiger partial charge in [0, 0.05) is 36.6 Å². The maximum absolute atomic E-state index is 12.5. The van der Waals surface area contributed by atoms with Crippen molar-refractivity contribution in [3.05, 3.63) is 71.4 Å². The van der Waals surface area contributed by atoms with Crippen molar-refractivity contribution in [2.24, 2.45) is 88.8 Å². The molecule has 0 aromatic carbocycles. The van der Waals surface area contributed by atoms with Crippen LogP contribution in [0, 0.1) is 88.8 Å². The van der Waals surface area contributed by atoms with Gasteiger partial charge < -0.3 is 59.5 Å². The van der Waals surface area contributed by atoms with Crippen LogP contribution in [0.15, 0.2) is 71.4 Å². The SMILES string of the molecule is CC(=O)[C@H](C)C(=O)O[C@H]1C[C@@H](C)C=C2C=C[C@H](C)[C@H](CC[C@@H](O)C[C@@H](O)CC(=O)O)[C@H]21.CC(=O)[C@H](C)C(=O)O[C@H]1C[C@@H](C)C=C2C=C[C@H](C)[C@H](CC[C@@H](O)C[C@@H](O)CC(=O)[O-])[C@H]21.CC(=O)[C@H](C)C(=O)O[C@H]1C[C@@H](C)C=C2C=C[C@H](C)[C@H](CC[C@@H]3C[C@@H](O)CC(=O)O3)[C@H]21. The van der Waals surface area contributed by atoms with Crippen LogP contribution in [0.5, 0.6) is 0 Å². The third-order valence-electron chi connectivity index (χ3n) is 20.1. The van der Waals surface area contributed by atoms with Gasteiger partial charge in [-0.15, -0.1) is 0 Å². The quantitative estimate of drug-likeness (QED) is 0.0273. The molecule has 514 valence electrons. The van der Waals surface area contributed by atoms with E-state index >= 15 is 0 Å². The third-order valence-corrected chi connectivity index (χ3v) is 20.1. The van der Waals surface area contributed by atoms with Gasteiger partial charge >= 0.3 is 29.8 Å². The zero-order chi connectivity index (χ0) is 68.6. The molecular formula is C72H105O20-. The first kappa shape index (κ1) is 76.8. The van der Waals surface area contributed by atoms with Crippen molar-refractivity contribution in [1.29, 1.82) is 0 Å². The van der Waals surface area contributed by atoms with Crippen LogP contribution in [0.4, 0.5) is 0 Å². The van der Waals surface area contributed by atoms with Gasteiger partial charge in [-0.2, -0.15) is 0 Å². The van der Waals surface area contributed by atoms with Crippen LogP contribution >= 0.6 is 0 Å². The van der Waals surface area contributed by atoms with Crippen molar-refractivity contribution in [3.63, 3.8) is 0 Å². The van der Waals surface area contributed by atoms with E-state index in [0.717, 1.165) is 24.0 Å². The first-order valence-electron chi connectivity index (χ1n) is 33.5. The molecule has 0 aromatic rings. The molecule has 6 aliphatic carbocycles. The predicted octanol–water partition coefficient (Wildman–Crippen LogP) is 7.83. The summed E-state index contributed by atoms with van der Waals surface area (Å²) in [6.07, 6.45) is 19.0. The molecule has 0 aromatic heterocycles. The Bertz CT molecular complexity index is 2650. The number of esters is 4. The lowest BCUT2D eigenvalue weighted by atomic mass is 9.65. The van der Waals surface area contributed by atoms with E-state index < -0.39 is 84.5 Å². The van der Waals surface area contributed by atoms with Gasteiger partial charge in [0.05, 0.1) is 43.4 Å². The molecule has 7 aliphatic rings. The first-order chi connectivity index (χ1) is 43.1. The lowest BCUT2D eigenvalue weighted by molar-refractivity contribution is -0.307. The molecule has 20 nitrogen and oxygen atoms in total. The van der Waals surface area contributed by atoms with Gasteiger partial charge in [-0.3, -0.25) is 38.4 Å². The predicted molar refractivity (Wildman–Crippen MR) is 339 cm³/mol. The highest BCUT2D eigenvalue weighted by Crippen LogP contribution is 2.48. The molecule has 1 saturated heterocycles. The monoisotopic (exact) mass is 1290 g/mol. The second kappa shape index (κ2) is 35.5. The van der Waals surface area contributed by atoms with Crippen molar-refractivity contribution in [1.82, 2.24) is 0 Å². The number of ketones is 3. The summed E-state index contributed by atoms with van der Waals surface area (Å²) in [6, 6.07) is 0. The standard InChI is InChI=1S/2C24H36O7.C24H34O6/c2*1-13-9-17-6-5-14(2)20(8-7-18(26)11-19(27)12-22(28)29)23(17)21(10-13)31-24(30)15(3)16(4)25;1-13-9-17-6-5-14(2)20(8-7-19-11-18(26)12-22(27)29-19)23(17)21(10-13)30-24(28)15(3)16(4)25/h2*5-6,9,13-15,18-21,23,26-27H,7-8,10-12H2,1-4H3,(H,28,29);5-6,9,13-15,18-21,23,26H,7-8,10-12H2,1-4H3/p-1/t3*13-,14-,15-,18+,19+,20-,21-,23-/m000/s1. The number of cyclic esters (lactones) is 1. The summed E-state index contributed by atoms with van der Waals surface area (Å²) in [7, 11) is 0. The number of carboxylic acid groups (broad SMARTS) is 2. The minimum absolute atomic E-state index is 0.0160. The van der Waals surface area contributed by atoms with Gasteiger partial charge in [0.1, 0.15) is 59.5 Å². The number of aliphatic hydroxyl groups excluding tert-OH is 5. The minimum Gasteiger partial charge on any atom is -0.550 e. The molecule has 1 heterocycles. The van der Waals surface area contributed by atoms with E-state index in [1.165, 1.54) is 26.3 Å². The van der Waals surface area contributed by atoms with E-state index in [9.17, 15) is 73.8 Å². The topological polar surface area (TPSA) is 335 Å². The number of aliphatic hydroxyl groups is 5. The summed E-state index contributed by atoms with van der Waals surface area (Å²) in [5.74, 6) is -5.27. The number of carbonyl (C=O) groups excluding carboxylic acids is 8. The summed E-state index contributed by atoms with van der Waals surface area (Å²) in [5, 5.41) is 69.4. The molecule has 0 radical (unpaired) electrons. The molecule has 1 aliphatic heterocycles. The molecule has 0 spiro atoms. The number of allylic oxidation sites excluding steroid dienone is 9. The summed E-state index contributed by atoms with van der Waals surface area (Å²) in [4.78, 5) is 105. The highest BCUT2D eigenvalue weighted by atomic mass is 16.6. The van der Waals surface area contributed by atoms with Crippen molar-refractivity contribution in [2.75, 3.05) is 0 Å². The van der Waals surface area contributed by atoms with E-state index in [0.29, 0.717) is 51.4 Å². The summed E-state index contributed by atoms with van der Waals surface area (Å²) in [5.41, 5.74) is 3.42. The van der Waals surface area contributed by atoms with Crippen molar-refractivity contribution in [2.45, 2.75) is 234 Å². The van der Waals surface area contributed by atoms with E-state index in [4.69, 9.17) is 24.1 Å². The number of carbonyl (C=O) groups is 9. The second-order valence-corrected chi connectivity index (χ2v) is 28.0. The number of hydrogen-bond donors (Lipinski definition) is 6. The maximum atomic E-state index is 12.5. The smallest absolute Gasteiger partial charge is 0.316 e. The van der Waals surface area contributed by atoms with Crippen molar-refractivity contribution < 1.29 is 97.8 Å². The fraction of sp³-hybridized carbons (Fsp3) is 0.708. The Balaban J connectivity index is 0.000000250. The minimum atomic E-state index is -1.35. The van der Waals surface area contributed by atoms with E-state index in [-0.39, 0.29) is 144 Å². The molecule has 6 N–H and O–H groups in total. The van der Waals surface area contributed by atoms with Crippen LogP contribution in [-0.2, 0) is 62.1 Å². The van der Waals surface area contributed by atoms with Crippen molar-refractivity contribution in [3.8, 4) is 0 Å². The Morgan fingerprint density at radius 2 is 0.859 bits per heavy atom. The number of aliphatic carboxylic acids is 2. The molecule has 0 amide bonds. The van der Waals surface area contributed by atoms with Crippen LogP contribution in [0.1, 0.15) is 179 Å². The Morgan fingerprint density at radius 1 is 0.522 bits per heavy atom. The zero-order valence-electron chi connectivity index (χ0n) is 56.1. The Kier molecular flexibility index (Phi) is 29.7. The van der Waals surface area contributed by atoms with Crippen LogP contribution in [0.2, 0.25) is 0 Å². The fourth-order valence-electron chi connectivity index (χ4n) is 14.5. The Morgan fingerprint density at radius 3 is 1.17 bits per heavy atom. The molecule has 92 heavy (non-hydrogen) atoms. The van der Waals surface area contributed by atoms with Crippen LogP contribution in [-0.4, -0.2) is 139 Å². The van der Waals surface area contributed by atoms with Crippen LogP contribution in [0.25, 0.3) is 0 Å². The first-order valence-corrected chi connectivity index (χ1v) is 33.5. The Labute approximate surface area is 543 Å². The summed E-state index contributed by atoms with van der Waals surface area (Å²) >= 11 is 0. The third kappa shape index (κ3) is 22.6. The molecule has 1 fully saturated rings. The normalized spacial score (nSPS) is 32.6. The Hall–Kier alpha value is -5.93. The number of Topliss-reactive ketones (excluding diaryl/α,β-unsaturated/α-hetero) is 3. The lowest BCUT2D eigenvalue weighted by Gasteiger charge is -2.43. The second-order valence-electron chi connectivity index (χ2n) is 28.0. The highest BCUT2D eigenvalue weighted by molar-refractivity contribution is 5.98. The number of ether oxygens (including phenoxy) is 4. The summed E-state index contributed by atoms with van der Waals surface area (Å²) < 4.78 is 23.0.